The maximum Gasteiger partial charge on any atom is 0.303 e. The number of hydrogen-bond acceptors (Lipinski definition) is 3. The summed E-state index contributed by atoms with van der Waals surface area (Å²) >= 11 is 0. The molecule has 1 aliphatic heterocycles. The third-order valence-electron chi connectivity index (χ3n) is 4.82. The SMILES string of the molecule is CCC1(C(=O)NCCC(C)(C)CCC(=O)O)CCNCC1. The van der Waals surface area contributed by atoms with Gasteiger partial charge in [-0.05, 0) is 50.6 Å². The van der Waals surface area contributed by atoms with Gasteiger partial charge in [0.15, 0.2) is 0 Å². The Balaban J connectivity index is 2.39. The monoisotopic (exact) mass is 298 g/mol. The standard InChI is InChI=1S/C16H30N2O3/c1-4-16(8-10-17-11-9-16)14(21)18-12-7-15(2,3)6-5-13(19)20/h17H,4-12H2,1-3H3,(H,18,21)(H,19,20). The van der Waals surface area contributed by atoms with Crippen molar-refractivity contribution >= 4 is 11.9 Å². The minimum Gasteiger partial charge on any atom is -0.481 e. The Morgan fingerprint density at radius 2 is 1.86 bits per heavy atom. The topological polar surface area (TPSA) is 78.4 Å². The molecule has 0 aromatic rings. The van der Waals surface area contributed by atoms with Gasteiger partial charge in [-0.1, -0.05) is 20.8 Å². The third-order valence-corrected chi connectivity index (χ3v) is 4.82. The summed E-state index contributed by atoms with van der Waals surface area (Å²) < 4.78 is 0. The Kier molecular flexibility index (Phi) is 6.65. The van der Waals surface area contributed by atoms with Gasteiger partial charge in [-0.3, -0.25) is 9.59 Å². The van der Waals surface area contributed by atoms with Gasteiger partial charge >= 0.3 is 5.97 Å². The smallest absolute Gasteiger partial charge is 0.303 e. The van der Waals surface area contributed by atoms with Gasteiger partial charge in [0.05, 0.1) is 5.41 Å². The van der Waals surface area contributed by atoms with Crippen LogP contribution in [0, 0.1) is 10.8 Å². The Hall–Kier alpha value is -1.10. The maximum atomic E-state index is 12.5. The molecule has 1 fully saturated rings. The number of carbonyl (C=O) groups is 2. The number of nitrogens with one attached hydrogen (secondary N) is 2. The van der Waals surface area contributed by atoms with Gasteiger partial charge in [-0.2, -0.15) is 0 Å². The molecule has 0 radical (unpaired) electrons. The van der Waals surface area contributed by atoms with Crippen LogP contribution in [0.5, 0.6) is 0 Å². The van der Waals surface area contributed by atoms with E-state index in [1.165, 1.54) is 0 Å². The molecule has 3 N–H and O–H groups in total. The van der Waals surface area contributed by atoms with E-state index in [0.717, 1.165) is 38.8 Å². The van der Waals surface area contributed by atoms with Gasteiger partial charge in [-0.25, -0.2) is 0 Å². The predicted octanol–water partition coefficient (Wildman–Crippen LogP) is 2.16. The first-order valence-electron chi connectivity index (χ1n) is 8.02. The van der Waals surface area contributed by atoms with Crippen molar-refractivity contribution in [1.29, 1.82) is 0 Å². The Bertz CT molecular complexity index is 361. The fourth-order valence-corrected chi connectivity index (χ4v) is 2.92. The maximum absolute atomic E-state index is 12.5. The van der Waals surface area contributed by atoms with E-state index >= 15 is 0 Å². The van der Waals surface area contributed by atoms with E-state index in [9.17, 15) is 9.59 Å². The number of rotatable bonds is 8. The van der Waals surface area contributed by atoms with E-state index in [-0.39, 0.29) is 23.2 Å². The summed E-state index contributed by atoms with van der Waals surface area (Å²) in [5.74, 6) is -0.590. The zero-order valence-electron chi connectivity index (χ0n) is 13.6. The van der Waals surface area contributed by atoms with Crippen LogP contribution in [0.1, 0.15) is 59.3 Å². The number of carboxylic acids is 1. The first-order chi connectivity index (χ1) is 9.81. The molecule has 1 saturated heterocycles. The van der Waals surface area contributed by atoms with Crippen molar-refractivity contribution in [3.63, 3.8) is 0 Å². The van der Waals surface area contributed by atoms with Crippen LogP contribution >= 0.6 is 0 Å². The van der Waals surface area contributed by atoms with E-state index in [1.54, 1.807) is 0 Å². The van der Waals surface area contributed by atoms with E-state index < -0.39 is 5.97 Å². The number of carboxylic acid groups (broad SMARTS) is 1. The highest BCUT2D eigenvalue weighted by molar-refractivity contribution is 5.82. The fourth-order valence-electron chi connectivity index (χ4n) is 2.92. The average Bonchev–Trinajstić information content (AvgIpc) is 2.45. The van der Waals surface area contributed by atoms with E-state index in [4.69, 9.17) is 5.11 Å². The minimum atomic E-state index is -0.758. The summed E-state index contributed by atoms with van der Waals surface area (Å²) in [7, 11) is 0. The molecule has 0 unspecified atom stereocenters. The van der Waals surface area contributed by atoms with Crippen molar-refractivity contribution in [2.45, 2.75) is 59.3 Å². The summed E-state index contributed by atoms with van der Waals surface area (Å²) in [6, 6.07) is 0. The second kappa shape index (κ2) is 7.78. The minimum absolute atomic E-state index is 0.0564. The zero-order valence-corrected chi connectivity index (χ0v) is 13.6. The molecule has 0 aromatic heterocycles. The second-order valence-electron chi connectivity index (χ2n) is 6.95. The molecule has 1 heterocycles. The Morgan fingerprint density at radius 3 is 2.38 bits per heavy atom. The molecule has 0 spiro atoms. The molecular weight excluding hydrogens is 268 g/mol. The lowest BCUT2D eigenvalue weighted by molar-refractivity contribution is -0.138. The van der Waals surface area contributed by atoms with E-state index in [2.05, 4.69) is 31.4 Å². The van der Waals surface area contributed by atoms with E-state index in [1.807, 2.05) is 0 Å². The first-order valence-corrected chi connectivity index (χ1v) is 8.02. The molecule has 0 bridgehead atoms. The van der Waals surface area contributed by atoms with Crippen LogP contribution in [0.2, 0.25) is 0 Å². The molecule has 0 saturated carbocycles. The highest BCUT2D eigenvalue weighted by atomic mass is 16.4. The van der Waals surface area contributed by atoms with Crippen LogP contribution in [-0.4, -0.2) is 36.6 Å². The molecule has 21 heavy (non-hydrogen) atoms. The van der Waals surface area contributed by atoms with Crippen LogP contribution in [0.15, 0.2) is 0 Å². The van der Waals surface area contributed by atoms with Crippen LogP contribution in [0.4, 0.5) is 0 Å². The first kappa shape index (κ1) is 18.0. The van der Waals surface area contributed by atoms with Crippen molar-refractivity contribution in [3.05, 3.63) is 0 Å². The summed E-state index contributed by atoms with van der Waals surface area (Å²) in [5, 5.41) is 15.1. The summed E-state index contributed by atoms with van der Waals surface area (Å²) in [6.07, 6.45) is 4.31. The molecule has 1 amide bonds. The average molecular weight is 298 g/mol. The summed E-state index contributed by atoms with van der Waals surface area (Å²) in [5.41, 5.74) is -0.268. The van der Waals surface area contributed by atoms with Crippen molar-refractivity contribution in [3.8, 4) is 0 Å². The van der Waals surface area contributed by atoms with Crippen LogP contribution < -0.4 is 10.6 Å². The molecule has 0 aliphatic carbocycles. The zero-order chi connectivity index (χ0) is 15.9. The molecular formula is C16H30N2O3. The lowest BCUT2D eigenvalue weighted by Crippen LogP contribution is -2.47. The second-order valence-corrected chi connectivity index (χ2v) is 6.95. The number of piperidine rings is 1. The van der Waals surface area contributed by atoms with Crippen LogP contribution in [0.25, 0.3) is 0 Å². The van der Waals surface area contributed by atoms with Crippen molar-refractivity contribution < 1.29 is 14.7 Å². The molecule has 0 atom stereocenters. The highest BCUT2D eigenvalue weighted by Gasteiger charge is 2.37. The number of carbonyl (C=O) groups excluding carboxylic acids is 1. The van der Waals surface area contributed by atoms with E-state index in [0.29, 0.717) is 13.0 Å². The lowest BCUT2D eigenvalue weighted by Gasteiger charge is -2.35. The quantitative estimate of drug-likeness (QED) is 0.641. The molecule has 1 aliphatic rings. The predicted molar refractivity (Wildman–Crippen MR) is 83.1 cm³/mol. The molecule has 5 heteroatoms. The van der Waals surface area contributed by atoms with Gasteiger partial charge < -0.3 is 15.7 Å². The van der Waals surface area contributed by atoms with Gasteiger partial charge in [-0.15, -0.1) is 0 Å². The Morgan fingerprint density at radius 1 is 1.24 bits per heavy atom. The van der Waals surface area contributed by atoms with Gasteiger partial charge in [0.2, 0.25) is 5.91 Å². The number of hydrogen-bond donors (Lipinski definition) is 3. The summed E-state index contributed by atoms with van der Waals surface area (Å²) in [4.78, 5) is 23.1. The molecule has 0 aromatic carbocycles. The lowest BCUT2D eigenvalue weighted by atomic mass is 9.75. The largest absolute Gasteiger partial charge is 0.481 e. The molecule has 1 rings (SSSR count). The highest BCUT2D eigenvalue weighted by Crippen LogP contribution is 2.33. The van der Waals surface area contributed by atoms with Gasteiger partial charge in [0, 0.05) is 13.0 Å². The number of aliphatic carboxylic acids is 1. The summed E-state index contributed by atoms with van der Waals surface area (Å²) in [6.45, 7) is 8.64. The third kappa shape index (κ3) is 5.65. The van der Waals surface area contributed by atoms with Gasteiger partial charge in [0.25, 0.3) is 0 Å². The van der Waals surface area contributed by atoms with Crippen molar-refractivity contribution in [2.24, 2.45) is 10.8 Å². The normalized spacial score (nSPS) is 18.2. The molecule has 122 valence electrons. The number of amides is 1. The fraction of sp³-hybridized carbons (Fsp3) is 0.875. The van der Waals surface area contributed by atoms with Crippen molar-refractivity contribution in [1.82, 2.24) is 10.6 Å². The van der Waals surface area contributed by atoms with Crippen LogP contribution in [0.3, 0.4) is 0 Å². The Labute approximate surface area is 127 Å². The van der Waals surface area contributed by atoms with Gasteiger partial charge in [0.1, 0.15) is 0 Å². The van der Waals surface area contributed by atoms with Crippen molar-refractivity contribution in [2.75, 3.05) is 19.6 Å². The van der Waals surface area contributed by atoms with Crippen LogP contribution in [-0.2, 0) is 9.59 Å². The molecule has 5 nitrogen and oxygen atoms in total.